The maximum atomic E-state index is 5.97. The van der Waals surface area contributed by atoms with Crippen LogP contribution in [0.15, 0.2) is 11.6 Å². The quantitative estimate of drug-likeness (QED) is 0.830. The van der Waals surface area contributed by atoms with Gasteiger partial charge in [0, 0.05) is 42.7 Å². The molecule has 0 aliphatic carbocycles. The SMILES string of the molecule is c1csc(N2CCOCC3(CCN([C@@H]4CCOC4)CC3)C2)n1. The Bertz CT molecular complexity index is 468. The maximum Gasteiger partial charge on any atom is 0.185 e. The molecule has 1 aromatic rings. The fraction of sp³-hybridized carbons (Fsp3) is 0.812. The van der Waals surface area contributed by atoms with E-state index in [1.54, 1.807) is 11.3 Å². The molecule has 3 saturated heterocycles. The van der Waals surface area contributed by atoms with Crippen LogP contribution in [0.4, 0.5) is 5.13 Å². The van der Waals surface area contributed by atoms with Gasteiger partial charge < -0.3 is 14.4 Å². The fourth-order valence-corrected chi connectivity index (χ4v) is 4.67. The molecule has 4 heterocycles. The molecule has 0 radical (unpaired) electrons. The third-order valence-electron chi connectivity index (χ3n) is 5.41. The van der Waals surface area contributed by atoms with E-state index in [0.717, 1.165) is 44.6 Å². The van der Waals surface area contributed by atoms with E-state index in [4.69, 9.17) is 9.47 Å². The number of thiazole rings is 1. The highest BCUT2D eigenvalue weighted by Gasteiger charge is 2.40. The summed E-state index contributed by atoms with van der Waals surface area (Å²) in [6.07, 6.45) is 5.56. The van der Waals surface area contributed by atoms with Crippen LogP contribution < -0.4 is 4.90 Å². The summed E-state index contributed by atoms with van der Waals surface area (Å²) in [5, 5.41) is 3.22. The first-order valence-corrected chi connectivity index (χ1v) is 9.27. The molecule has 0 N–H and O–H groups in total. The Morgan fingerprint density at radius 3 is 2.82 bits per heavy atom. The van der Waals surface area contributed by atoms with Crippen molar-refractivity contribution in [3.05, 3.63) is 11.6 Å². The van der Waals surface area contributed by atoms with Gasteiger partial charge in [-0.05, 0) is 32.4 Å². The first-order chi connectivity index (χ1) is 10.8. The number of aromatic nitrogens is 1. The molecule has 1 atom stereocenters. The van der Waals surface area contributed by atoms with E-state index in [2.05, 4.69) is 20.2 Å². The Kier molecular flexibility index (Phi) is 4.35. The Morgan fingerprint density at radius 2 is 2.09 bits per heavy atom. The Labute approximate surface area is 136 Å². The number of hydrogen-bond acceptors (Lipinski definition) is 6. The van der Waals surface area contributed by atoms with Crippen molar-refractivity contribution >= 4 is 16.5 Å². The van der Waals surface area contributed by atoms with Gasteiger partial charge in [-0.3, -0.25) is 4.90 Å². The summed E-state index contributed by atoms with van der Waals surface area (Å²) in [6.45, 7) is 8.02. The zero-order valence-corrected chi connectivity index (χ0v) is 13.9. The largest absolute Gasteiger partial charge is 0.380 e. The van der Waals surface area contributed by atoms with Crippen LogP contribution in [0.3, 0.4) is 0 Å². The predicted octanol–water partition coefficient (Wildman–Crippen LogP) is 1.85. The van der Waals surface area contributed by atoms with Crippen molar-refractivity contribution in [3.63, 3.8) is 0 Å². The monoisotopic (exact) mass is 323 g/mol. The van der Waals surface area contributed by atoms with Crippen LogP contribution in [0.1, 0.15) is 19.3 Å². The fourth-order valence-electron chi connectivity index (χ4n) is 4.00. The van der Waals surface area contributed by atoms with Gasteiger partial charge in [-0.2, -0.15) is 0 Å². The van der Waals surface area contributed by atoms with E-state index in [0.29, 0.717) is 11.5 Å². The van der Waals surface area contributed by atoms with E-state index in [1.165, 1.54) is 32.4 Å². The summed E-state index contributed by atoms with van der Waals surface area (Å²) in [7, 11) is 0. The zero-order chi connectivity index (χ0) is 14.8. The average Bonchev–Trinajstić information content (AvgIpc) is 3.22. The van der Waals surface area contributed by atoms with Crippen LogP contribution in [0.5, 0.6) is 0 Å². The van der Waals surface area contributed by atoms with Crippen LogP contribution in [0.2, 0.25) is 0 Å². The topological polar surface area (TPSA) is 37.8 Å². The highest BCUT2D eigenvalue weighted by atomic mass is 32.1. The summed E-state index contributed by atoms with van der Waals surface area (Å²) < 4.78 is 11.5. The Hall–Kier alpha value is -0.690. The predicted molar refractivity (Wildman–Crippen MR) is 87.6 cm³/mol. The lowest BCUT2D eigenvalue weighted by molar-refractivity contribution is 0.00920. The van der Waals surface area contributed by atoms with Crippen molar-refractivity contribution in [1.29, 1.82) is 0 Å². The lowest BCUT2D eigenvalue weighted by Gasteiger charge is -2.44. The number of likely N-dealkylation sites (tertiary alicyclic amines) is 1. The summed E-state index contributed by atoms with van der Waals surface area (Å²) in [5.74, 6) is 0. The molecule has 5 nitrogen and oxygen atoms in total. The lowest BCUT2D eigenvalue weighted by Crippen LogP contribution is -2.50. The third-order valence-corrected chi connectivity index (χ3v) is 6.24. The van der Waals surface area contributed by atoms with Crippen LogP contribution in [0.25, 0.3) is 0 Å². The van der Waals surface area contributed by atoms with Crippen molar-refractivity contribution < 1.29 is 9.47 Å². The second-order valence-electron chi connectivity index (χ2n) is 6.84. The van der Waals surface area contributed by atoms with Crippen LogP contribution in [-0.2, 0) is 9.47 Å². The molecule has 122 valence electrons. The van der Waals surface area contributed by atoms with Gasteiger partial charge >= 0.3 is 0 Å². The van der Waals surface area contributed by atoms with Gasteiger partial charge in [-0.1, -0.05) is 0 Å². The van der Waals surface area contributed by atoms with Gasteiger partial charge in [-0.25, -0.2) is 4.98 Å². The smallest absolute Gasteiger partial charge is 0.185 e. The molecule has 3 fully saturated rings. The standard InChI is InChI=1S/C16H25N3O2S/c1-8-20-11-14(1)18-5-2-16(3-6-18)12-19(7-9-21-13-16)15-17-4-10-22-15/h4,10,14H,1-3,5-9,11-13H2/t14-/m1/s1. The molecule has 0 saturated carbocycles. The van der Waals surface area contributed by atoms with Gasteiger partial charge in [0.25, 0.3) is 0 Å². The minimum Gasteiger partial charge on any atom is -0.380 e. The molecule has 3 aliphatic rings. The molecule has 0 aromatic carbocycles. The van der Waals surface area contributed by atoms with Crippen molar-refractivity contribution in [2.24, 2.45) is 5.41 Å². The lowest BCUT2D eigenvalue weighted by atomic mass is 9.78. The minimum atomic E-state index is 0.304. The molecule has 0 amide bonds. The number of piperidine rings is 1. The molecular weight excluding hydrogens is 298 g/mol. The zero-order valence-electron chi connectivity index (χ0n) is 13.1. The second-order valence-corrected chi connectivity index (χ2v) is 7.72. The number of anilines is 1. The summed E-state index contributed by atoms with van der Waals surface area (Å²) in [6, 6.07) is 0.652. The highest BCUT2D eigenvalue weighted by molar-refractivity contribution is 7.13. The van der Waals surface area contributed by atoms with E-state index in [9.17, 15) is 0 Å². The van der Waals surface area contributed by atoms with Crippen molar-refractivity contribution in [2.45, 2.75) is 25.3 Å². The maximum absolute atomic E-state index is 5.97. The molecule has 0 bridgehead atoms. The minimum absolute atomic E-state index is 0.304. The van der Waals surface area contributed by atoms with E-state index in [1.807, 2.05) is 6.20 Å². The third kappa shape index (κ3) is 3.02. The van der Waals surface area contributed by atoms with Gasteiger partial charge in [0.1, 0.15) is 0 Å². The van der Waals surface area contributed by atoms with Crippen LogP contribution in [-0.4, -0.2) is 68.5 Å². The highest BCUT2D eigenvalue weighted by Crippen LogP contribution is 2.37. The van der Waals surface area contributed by atoms with Gasteiger partial charge in [0.2, 0.25) is 0 Å². The molecule has 0 unspecified atom stereocenters. The van der Waals surface area contributed by atoms with E-state index in [-0.39, 0.29) is 0 Å². The van der Waals surface area contributed by atoms with Crippen molar-refractivity contribution in [2.75, 3.05) is 57.5 Å². The number of nitrogens with zero attached hydrogens (tertiary/aromatic N) is 3. The first-order valence-electron chi connectivity index (χ1n) is 8.39. The van der Waals surface area contributed by atoms with E-state index >= 15 is 0 Å². The molecule has 1 aromatic heterocycles. The Balaban J connectivity index is 1.42. The van der Waals surface area contributed by atoms with Gasteiger partial charge in [0.15, 0.2) is 5.13 Å². The molecule has 1 spiro atoms. The molecular formula is C16H25N3O2S. The summed E-state index contributed by atoms with van der Waals surface area (Å²) in [4.78, 5) is 9.57. The Morgan fingerprint density at radius 1 is 1.18 bits per heavy atom. The summed E-state index contributed by atoms with van der Waals surface area (Å²) in [5.41, 5.74) is 0.304. The molecule has 22 heavy (non-hydrogen) atoms. The van der Waals surface area contributed by atoms with Crippen molar-refractivity contribution in [3.8, 4) is 0 Å². The van der Waals surface area contributed by atoms with Crippen molar-refractivity contribution in [1.82, 2.24) is 9.88 Å². The van der Waals surface area contributed by atoms with Crippen LogP contribution >= 0.6 is 11.3 Å². The van der Waals surface area contributed by atoms with Gasteiger partial charge in [-0.15, -0.1) is 11.3 Å². The summed E-state index contributed by atoms with van der Waals surface area (Å²) >= 11 is 1.74. The first kappa shape index (κ1) is 14.9. The molecule has 4 rings (SSSR count). The number of hydrogen-bond donors (Lipinski definition) is 0. The second kappa shape index (κ2) is 6.43. The van der Waals surface area contributed by atoms with Gasteiger partial charge in [0.05, 0.1) is 19.8 Å². The average molecular weight is 323 g/mol. The number of ether oxygens (including phenoxy) is 2. The number of rotatable bonds is 2. The normalized spacial score (nSPS) is 29.8. The van der Waals surface area contributed by atoms with E-state index < -0.39 is 0 Å². The molecule has 3 aliphatic heterocycles. The molecule has 6 heteroatoms. The van der Waals surface area contributed by atoms with Crippen LogP contribution in [0, 0.1) is 5.41 Å².